The van der Waals surface area contributed by atoms with Gasteiger partial charge in [-0.1, -0.05) is 20.4 Å². The zero-order valence-corrected chi connectivity index (χ0v) is 14.8. The summed E-state index contributed by atoms with van der Waals surface area (Å²) in [5.41, 5.74) is -1.46. The van der Waals surface area contributed by atoms with Crippen LogP contribution in [0.15, 0.2) is 12.2 Å². The fourth-order valence-corrected chi connectivity index (χ4v) is 6.06. The summed E-state index contributed by atoms with van der Waals surface area (Å²) in [6.07, 6.45) is 1.65. The molecule has 3 unspecified atom stereocenters. The van der Waals surface area contributed by atoms with Crippen LogP contribution >= 0.6 is 0 Å². The SMILES string of the molecule is C=C1C(=O)N(OS(=O)(=O)CC23CCC(CC2=O)C3(C)C)C(=O)C1C. The molecule has 3 atom stereocenters. The normalized spacial score (nSPS) is 35.4. The molecule has 1 aliphatic heterocycles. The van der Waals surface area contributed by atoms with Crippen molar-refractivity contribution in [1.82, 2.24) is 5.06 Å². The predicted molar refractivity (Wildman–Crippen MR) is 83.6 cm³/mol. The van der Waals surface area contributed by atoms with E-state index < -0.39 is 44.4 Å². The molecule has 0 N–H and O–H groups in total. The number of carbonyl (C=O) groups excluding carboxylic acids is 3. The van der Waals surface area contributed by atoms with Crippen molar-refractivity contribution in [2.75, 3.05) is 5.75 Å². The molecule has 0 aromatic carbocycles. The van der Waals surface area contributed by atoms with E-state index in [1.54, 1.807) is 0 Å². The van der Waals surface area contributed by atoms with Crippen molar-refractivity contribution in [2.24, 2.45) is 22.7 Å². The summed E-state index contributed by atoms with van der Waals surface area (Å²) >= 11 is 0. The number of hydrogen-bond acceptors (Lipinski definition) is 6. The van der Waals surface area contributed by atoms with Gasteiger partial charge in [0, 0.05) is 12.0 Å². The van der Waals surface area contributed by atoms with Crippen molar-refractivity contribution < 1.29 is 27.1 Å². The molecule has 2 aliphatic carbocycles. The van der Waals surface area contributed by atoms with Crippen LogP contribution in [-0.4, -0.2) is 36.8 Å². The standard InChI is InChI=1S/C16H21NO6S/c1-9-10(2)14(20)17(13(9)19)23-24(21,22)8-16-6-5-11(7-12(16)18)15(16,3)4/h10-11H,1,5-8H2,2-4H3. The Kier molecular flexibility index (Phi) is 3.59. The minimum Gasteiger partial charge on any atom is -0.299 e. The highest BCUT2D eigenvalue weighted by atomic mass is 32.2. The van der Waals surface area contributed by atoms with Crippen molar-refractivity contribution in [3.63, 3.8) is 0 Å². The quantitative estimate of drug-likeness (QED) is 0.555. The molecule has 0 aromatic heterocycles. The number of amides is 2. The number of hydrogen-bond donors (Lipinski definition) is 0. The fraction of sp³-hybridized carbons (Fsp3) is 0.688. The Bertz CT molecular complexity index is 767. The van der Waals surface area contributed by atoms with Gasteiger partial charge in [0.25, 0.3) is 21.9 Å². The summed E-state index contributed by atoms with van der Waals surface area (Å²) in [5, 5.41) is 0.262. The highest BCUT2D eigenvalue weighted by Gasteiger charge is 2.65. The number of fused-ring (bicyclic) bond motifs is 2. The smallest absolute Gasteiger partial charge is 0.289 e. The first-order valence-electron chi connectivity index (χ1n) is 7.95. The van der Waals surface area contributed by atoms with Gasteiger partial charge in [0.05, 0.1) is 17.1 Å². The lowest BCUT2D eigenvalue weighted by atomic mass is 9.70. The average molecular weight is 355 g/mol. The summed E-state index contributed by atoms with van der Waals surface area (Å²) in [6.45, 7) is 8.75. The Morgan fingerprint density at radius 3 is 2.33 bits per heavy atom. The average Bonchev–Trinajstić information content (AvgIpc) is 2.90. The third kappa shape index (κ3) is 2.12. The predicted octanol–water partition coefficient (Wildman–Crippen LogP) is 1.20. The van der Waals surface area contributed by atoms with E-state index in [1.165, 1.54) is 6.92 Å². The van der Waals surface area contributed by atoms with Gasteiger partial charge in [-0.15, -0.1) is 9.35 Å². The molecule has 132 valence electrons. The highest BCUT2D eigenvalue weighted by Crippen LogP contribution is 2.64. The van der Waals surface area contributed by atoms with Crippen molar-refractivity contribution in [3.05, 3.63) is 12.2 Å². The molecule has 1 heterocycles. The summed E-state index contributed by atoms with van der Waals surface area (Å²) in [7, 11) is -4.29. The summed E-state index contributed by atoms with van der Waals surface area (Å²) in [4.78, 5) is 36.4. The Morgan fingerprint density at radius 2 is 1.92 bits per heavy atom. The Morgan fingerprint density at radius 1 is 1.29 bits per heavy atom. The van der Waals surface area contributed by atoms with E-state index in [4.69, 9.17) is 4.28 Å². The molecular weight excluding hydrogens is 334 g/mol. The molecule has 0 spiro atoms. The van der Waals surface area contributed by atoms with Gasteiger partial charge in [-0.25, -0.2) is 0 Å². The number of nitrogens with zero attached hydrogens (tertiary/aromatic N) is 1. The van der Waals surface area contributed by atoms with Gasteiger partial charge in [0.15, 0.2) is 0 Å². The number of Topliss-reactive ketones (excluding diaryl/α,β-unsaturated/α-hetero) is 1. The van der Waals surface area contributed by atoms with Crippen LogP contribution in [0.5, 0.6) is 0 Å². The van der Waals surface area contributed by atoms with E-state index in [-0.39, 0.29) is 22.3 Å². The van der Waals surface area contributed by atoms with Gasteiger partial charge in [-0.3, -0.25) is 14.4 Å². The molecule has 3 rings (SSSR count). The first kappa shape index (κ1) is 17.3. The molecule has 7 nitrogen and oxygen atoms in total. The molecule has 3 fully saturated rings. The summed E-state index contributed by atoms with van der Waals surface area (Å²) < 4.78 is 29.8. The van der Waals surface area contributed by atoms with Crippen molar-refractivity contribution in [2.45, 2.75) is 40.0 Å². The topological polar surface area (TPSA) is 97.8 Å². The lowest BCUT2D eigenvalue weighted by Gasteiger charge is -2.35. The Balaban J connectivity index is 1.85. The molecule has 0 radical (unpaired) electrons. The van der Waals surface area contributed by atoms with E-state index in [0.717, 1.165) is 6.42 Å². The van der Waals surface area contributed by atoms with Crippen molar-refractivity contribution in [1.29, 1.82) is 0 Å². The zero-order valence-electron chi connectivity index (χ0n) is 14.0. The van der Waals surface area contributed by atoms with Crippen LogP contribution in [0, 0.1) is 22.7 Å². The second kappa shape index (κ2) is 4.98. The maximum Gasteiger partial charge on any atom is 0.289 e. The number of hydroxylamine groups is 2. The monoisotopic (exact) mass is 355 g/mol. The third-order valence-corrected chi connectivity index (χ3v) is 7.53. The minimum atomic E-state index is -4.29. The second-order valence-corrected chi connectivity index (χ2v) is 9.18. The van der Waals surface area contributed by atoms with E-state index in [1.807, 2.05) is 13.8 Å². The minimum absolute atomic E-state index is 0.00781. The zero-order chi connectivity index (χ0) is 18.1. The molecule has 8 heteroatoms. The van der Waals surface area contributed by atoms with Crippen LogP contribution in [0.25, 0.3) is 0 Å². The number of carbonyl (C=O) groups is 3. The molecule has 24 heavy (non-hydrogen) atoms. The maximum atomic E-state index is 12.5. The van der Waals surface area contributed by atoms with Gasteiger partial charge in [0.1, 0.15) is 5.78 Å². The summed E-state index contributed by atoms with van der Waals surface area (Å²) in [5.74, 6) is -2.85. The Labute approximate surface area is 141 Å². The van der Waals surface area contributed by atoms with Crippen LogP contribution in [-0.2, 0) is 28.8 Å². The van der Waals surface area contributed by atoms with Crippen molar-refractivity contribution in [3.8, 4) is 0 Å². The fourth-order valence-electron chi connectivity index (χ4n) is 4.36. The van der Waals surface area contributed by atoms with Crippen LogP contribution in [0.4, 0.5) is 0 Å². The van der Waals surface area contributed by atoms with E-state index in [9.17, 15) is 22.8 Å². The number of imide groups is 1. The van der Waals surface area contributed by atoms with Gasteiger partial charge in [-0.2, -0.15) is 8.42 Å². The molecule has 2 saturated carbocycles. The second-order valence-electron chi connectivity index (χ2n) is 7.63. The van der Waals surface area contributed by atoms with Gasteiger partial charge < -0.3 is 0 Å². The largest absolute Gasteiger partial charge is 0.299 e. The van der Waals surface area contributed by atoms with Crippen LogP contribution in [0.3, 0.4) is 0 Å². The number of rotatable bonds is 4. The molecule has 2 bridgehead atoms. The lowest BCUT2D eigenvalue weighted by Crippen LogP contribution is -2.44. The van der Waals surface area contributed by atoms with E-state index in [0.29, 0.717) is 12.8 Å². The van der Waals surface area contributed by atoms with Crippen molar-refractivity contribution >= 4 is 27.7 Å². The molecule has 2 amide bonds. The molecule has 0 aromatic rings. The first-order valence-corrected chi connectivity index (χ1v) is 9.53. The molecule has 3 aliphatic rings. The third-order valence-electron chi connectivity index (χ3n) is 6.30. The van der Waals surface area contributed by atoms with Gasteiger partial charge >= 0.3 is 0 Å². The van der Waals surface area contributed by atoms with Gasteiger partial charge in [0.2, 0.25) is 0 Å². The van der Waals surface area contributed by atoms with E-state index >= 15 is 0 Å². The first-order chi connectivity index (χ1) is 10.9. The molecule has 1 saturated heterocycles. The maximum absolute atomic E-state index is 12.5. The summed E-state index contributed by atoms with van der Waals surface area (Å²) in [6, 6.07) is 0. The Hall–Kier alpha value is -1.54. The van der Waals surface area contributed by atoms with Crippen LogP contribution in [0.1, 0.15) is 40.0 Å². The van der Waals surface area contributed by atoms with Crippen LogP contribution in [0.2, 0.25) is 0 Å². The number of ketones is 1. The highest BCUT2D eigenvalue weighted by molar-refractivity contribution is 7.86. The molecular formula is C16H21NO6S. The van der Waals surface area contributed by atoms with Crippen LogP contribution < -0.4 is 0 Å². The van der Waals surface area contributed by atoms with Gasteiger partial charge in [-0.05, 0) is 31.1 Å². The van der Waals surface area contributed by atoms with E-state index in [2.05, 4.69) is 6.58 Å². The lowest BCUT2D eigenvalue weighted by molar-refractivity contribution is -0.164.